The summed E-state index contributed by atoms with van der Waals surface area (Å²) < 4.78 is 5.87. The highest BCUT2D eigenvalue weighted by Crippen LogP contribution is 2.11. The number of methoxy groups -OCH3 is 1. The van der Waals surface area contributed by atoms with Crippen molar-refractivity contribution in [3.63, 3.8) is 0 Å². The Hall–Kier alpha value is -0.870. The van der Waals surface area contributed by atoms with E-state index in [-0.39, 0.29) is 0 Å². The van der Waals surface area contributed by atoms with Crippen molar-refractivity contribution < 1.29 is 9.94 Å². The number of nitrogens with zero attached hydrogens (tertiary/aromatic N) is 1. The van der Waals surface area contributed by atoms with E-state index in [9.17, 15) is 0 Å². The normalized spacial score (nSPS) is 11.7. The van der Waals surface area contributed by atoms with Gasteiger partial charge in [-0.3, -0.25) is 0 Å². The van der Waals surface area contributed by atoms with Crippen molar-refractivity contribution in [3.05, 3.63) is 34.3 Å². The second-order valence-electron chi connectivity index (χ2n) is 2.49. The van der Waals surface area contributed by atoms with Gasteiger partial charge in [0.15, 0.2) is 0 Å². The van der Waals surface area contributed by atoms with Gasteiger partial charge in [-0.25, -0.2) is 0 Å². The van der Waals surface area contributed by atoms with Crippen LogP contribution in [0.4, 0.5) is 0 Å². The Kier molecular flexibility index (Phi) is 3.92. The molecule has 1 rings (SSSR count). The molecule has 0 unspecified atom stereocenters. The van der Waals surface area contributed by atoms with Crippen LogP contribution in [0.1, 0.15) is 5.56 Å². The molecule has 0 atom stereocenters. The first-order chi connectivity index (χ1) is 6.27. The third kappa shape index (κ3) is 2.82. The largest absolute Gasteiger partial charge is 0.411 e. The van der Waals surface area contributed by atoms with Crippen molar-refractivity contribution in [1.29, 1.82) is 0 Å². The first-order valence-corrected chi connectivity index (χ1v) is 4.53. The zero-order chi connectivity index (χ0) is 9.68. The Morgan fingerprint density at radius 3 is 2.54 bits per heavy atom. The molecule has 4 heteroatoms. The first kappa shape index (κ1) is 10.2. The van der Waals surface area contributed by atoms with E-state index < -0.39 is 0 Å². The lowest BCUT2D eigenvalue weighted by atomic mass is 10.1. The molecule has 0 aliphatic carbocycles. The Balaban J connectivity index is 2.87. The smallest absolute Gasteiger partial charge is 0.112 e. The molecule has 0 bridgehead atoms. The number of hydrogen-bond donors (Lipinski definition) is 1. The number of halogens is 1. The van der Waals surface area contributed by atoms with Crippen LogP contribution in [-0.2, 0) is 4.74 Å². The molecule has 1 aromatic rings. The van der Waals surface area contributed by atoms with Gasteiger partial charge in [0.1, 0.15) is 5.71 Å². The average Bonchev–Trinajstić information content (AvgIpc) is 2.16. The van der Waals surface area contributed by atoms with Crippen LogP contribution in [0.15, 0.2) is 33.9 Å². The number of rotatable bonds is 3. The van der Waals surface area contributed by atoms with Gasteiger partial charge in [0.2, 0.25) is 0 Å². The summed E-state index contributed by atoms with van der Waals surface area (Å²) in [5.41, 5.74) is 1.38. The van der Waals surface area contributed by atoms with E-state index >= 15 is 0 Å². The highest BCUT2D eigenvalue weighted by atomic mass is 79.9. The molecule has 3 nitrogen and oxygen atoms in total. The van der Waals surface area contributed by atoms with Gasteiger partial charge < -0.3 is 9.94 Å². The molecule has 0 saturated carbocycles. The fraction of sp³-hybridized carbons (Fsp3) is 0.222. The van der Waals surface area contributed by atoms with Crippen LogP contribution in [0, 0.1) is 0 Å². The molecule has 0 aliphatic heterocycles. The van der Waals surface area contributed by atoms with E-state index in [0.29, 0.717) is 12.3 Å². The minimum Gasteiger partial charge on any atom is -0.411 e. The van der Waals surface area contributed by atoms with Crippen molar-refractivity contribution in [3.8, 4) is 0 Å². The first-order valence-electron chi connectivity index (χ1n) is 3.73. The fourth-order valence-electron chi connectivity index (χ4n) is 0.949. The van der Waals surface area contributed by atoms with Crippen LogP contribution in [0.25, 0.3) is 0 Å². The van der Waals surface area contributed by atoms with E-state index in [4.69, 9.17) is 9.94 Å². The number of oxime groups is 1. The molecule has 1 aromatic carbocycles. The summed E-state index contributed by atoms with van der Waals surface area (Å²) in [6, 6.07) is 7.49. The Labute approximate surface area is 85.2 Å². The minimum atomic E-state index is 0.304. The molecular weight excluding hydrogens is 234 g/mol. The lowest BCUT2D eigenvalue weighted by molar-refractivity contribution is 0.238. The number of hydrogen-bond acceptors (Lipinski definition) is 3. The quantitative estimate of drug-likeness (QED) is 0.503. The SMILES string of the molecule is COC/C(=N\O)c1ccc(Br)cc1. The lowest BCUT2D eigenvalue weighted by Crippen LogP contribution is -2.08. The summed E-state index contributed by atoms with van der Waals surface area (Å²) in [5, 5.41) is 11.8. The van der Waals surface area contributed by atoms with Crippen LogP contribution >= 0.6 is 15.9 Å². The van der Waals surface area contributed by atoms with Gasteiger partial charge in [-0.2, -0.15) is 0 Å². The molecule has 0 amide bonds. The Morgan fingerprint density at radius 2 is 2.08 bits per heavy atom. The van der Waals surface area contributed by atoms with Gasteiger partial charge >= 0.3 is 0 Å². The monoisotopic (exact) mass is 243 g/mol. The summed E-state index contributed by atoms with van der Waals surface area (Å²) in [4.78, 5) is 0. The zero-order valence-corrected chi connectivity index (χ0v) is 8.78. The van der Waals surface area contributed by atoms with Gasteiger partial charge in [0.25, 0.3) is 0 Å². The fourth-order valence-corrected chi connectivity index (χ4v) is 1.21. The predicted octanol–water partition coefficient (Wildman–Crippen LogP) is 2.27. The van der Waals surface area contributed by atoms with Crippen LogP contribution in [0.2, 0.25) is 0 Å². The van der Waals surface area contributed by atoms with E-state index in [1.165, 1.54) is 0 Å². The molecule has 1 N–H and O–H groups in total. The van der Waals surface area contributed by atoms with Crippen molar-refractivity contribution >= 4 is 21.6 Å². The second kappa shape index (κ2) is 4.99. The van der Waals surface area contributed by atoms with Crippen molar-refractivity contribution in [1.82, 2.24) is 0 Å². The highest BCUT2D eigenvalue weighted by molar-refractivity contribution is 9.10. The molecule has 0 saturated heterocycles. The molecule has 0 aliphatic rings. The Morgan fingerprint density at radius 1 is 1.46 bits per heavy atom. The predicted molar refractivity (Wildman–Crippen MR) is 54.3 cm³/mol. The summed E-state index contributed by atoms with van der Waals surface area (Å²) in [5.74, 6) is 0. The third-order valence-corrected chi connectivity index (χ3v) is 2.11. The van der Waals surface area contributed by atoms with Crippen molar-refractivity contribution in [2.45, 2.75) is 0 Å². The zero-order valence-electron chi connectivity index (χ0n) is 7.20. The van der Waals surface area contributed by atoms with Gasteiger partial charge in [0.05, 0.1) is 6.61 Å². The molecule has 0 radical (unpaired) electrons. The summed E-state index contributed by atoms with van der Waals surface area (Å²) >= 11 is 3.32. The molecule has 0 fully saturated rings. The summed E-state index contributed by atoms with van der Waals surface area (Å²) in [6.45, 7) is 0.304. The van der Waals surface area contributed by atoms with Crippen LogP contribution in [0.5, 0.6) is 0 Å². The van der Waals surface area contributed by atoms with E-state index in [2.05, 4.69) is 21.1 Å². The van der Waals surface area contributed by atoms with Crippen LogP contribution in [0.3, 0.4) is 0 Å². The maximum atomic E-state index is 8.68. The van der Waals surface area contributed by atoms with E-state index in [0.717, 1.165) is 10.0 Å². The maximum Gasteiger partial charge on any atom is 0.112 e. The third-order valence-electron chi connectivity index (χ3n) is 1.58. The van der Waals surface area contributed by atoms with Crippen LogP contribution < -0.4 is 0 Å². The standard InChI is InChI=1S/C9H10BrNO2/c1-13-6-9(11-12)7-2-4-8(10)5-3-7/h2-5,12H,6H2,1H3/b11-9+. The lowest BCUT2D eigenvalue weighted by Gasteiger charge is -2.02. The number of ether oxygens (including phenoxy) is 1. The molecular formula is C9H10BrNO2. The summed E-state index contributed by atoms with van der Waals surface area (Å²) in [7, 11) is 1.56. The molecule has 13 heavy (non-hydrogen) atoms. The minimum absolute atomic E-state index is 0.304. The van der Waals surface area contributed by atoms with Gasteiger partial charge in [-0.1, -0.05) is 33.2 Å². The molecule has 0 aromatic heterocycles. The number of benzene rings is 1. The van der Waals surface area contributed by atoms with E-state index in [1.54, 1.807) is 7.11 Å². The average molecular weight is 244 g/mol. The van der Waals surface area contributed by atoms with Crippen molar-refractivity contribution in [2.75, 3.05) is 13.7 Å². The molecule has 0 spiro atoms. The highest BCUT2D eigenvalue weighted by Gasteiger charge is 2.02. The van der Waals surface area contributed by atoms with Gasteiger partial charge in [-0.05, 0) is 12.1 Å². The maximum absolute atomic E-state index is 8.68. The molecule has 70 valence electrons. The van der Waals surface area contributed by atoms with Crippen LogP contribution in [-0.4, -0.2) is 24.6 Å². The van der Waals surface area contributed by atoms with Gasteiger partial charge in [0, 0.05) is 17.1 Å². The van der Waals surface area contributed by atoms with Gasteiger partial charge in [-0.15, -0.1) is 0 Å². The van der Waals surface area contributed by atoms with Crippen molar-refractivity contribution in [2.24, 2.45) is 5.16 Å². The van der Waals surface area contributed by atoms with E-state index in [1.807, 2.05) is 24.3 Å². The summed E-state index contributed by atoms with van der Waals surface area (Å²) in [6.07, 6.45) is 0. The molecule has 0 heterocycles. The Bertz CT molecular complexity index is 295. The topological polar surface area (TPSA) is 41.8 Å². The second-order valence-corrected chi connectivity index (χ2v) is 3.40.